The average molecular weight is 253 g/mol. The Labute approximate surface area is 105 Å². The van der Waals surface area contributed by atoms with Crippen molar-refractivity contribution < 1.29 is 8.78 Å². The summed E-state index contributed by atoms with van der Waals surface area (Å²) in [5.74, 6) is -1.33. The van der Waals surface area contributed by atoms with Crippen molar-refractivity contribution in [2.45, 2.75) is 19.4 Å². The van der Waals surface area contributed by atoms with Gasteiger partial charge in [-0.1, -0.05) is 6.07 Å². The van der Waals surface area contributed by atoms with Crippen LogP contribution in [0.4, 0.5) is 8.78 Å². The molecule has 1 atom stereocenters. The first-order chi connectivity index (χ1) is 8.56. The normalized spacial score (nSPS) is 20.9. The van der Waals surface area contributed by atoms with Crippen molar-refractivity contribution in [2.24, 2.45) is 11.7 Å². The number of piperidine rings is 1. The Morgan fingerprint density at radius 1 is 1.39 bits per heavy atom. The fraction of sp³-hybridized carbons (Fsp3) is 0.462. The summed E-state index contributed by atoms with van der Waals surface area (Å²) in [7, 11) is 0. The molecule has 0 radical (unpaired) electrons. The van der Waals surface area contributed by atoms with Crippen LogP contribution in [-0.4, -0.2) is 23.8 Å². The van der Waals surface area contributed by atoms with Crippen molar-refractivity contribution in [1.29, 1.82) is 5.41 Å². The molecule has 1 unspecified atom stereocenters. The highest BCUT2D eigenvalue weighted by Crippen LogP contribution is 2.19. The Morgan fingerprint density at radius 2 is 2.17 bits per heavy atom. The van der Waals surface area contributed by atoms with Crippen molar-refractivity contribution in [3.05, 3.63) is 35.4 Å². The Bertz CT molecular complexity index is 448. The summed E-state index contributed by atoms with van der Waals surface area (Å²) < 4.78 is 25.9. The second-order valence-corrected chi connectivity index (χ2v) is 4.78. The van der Waals surface area contributed by atoms with E-state index in [1.807, 2.05) is 0 Å². The zero-order valence-electron chi connectivity index (χ0n) is 10.1. The lowest BCUT2D eigenvalue weighted by molar-refractivity contribution is 0.195. The number of nitrogens with zero attached hydrogens (tertiary/aromatic N) is 1. The number of rotatable bonds is 3. The SMILES string of the molecule is N=C(N)C1CCCN(Cc2ccc(F)c(F)c2)C1. The van der Waals surface area contributed by atoms with Crippen LogP contribution in [0, 0.1) is 23.0 Å². The van der Waals surface area contributed by atoms with E-state index < -0.39 is 11.6 Å². The summed E-state index contributed by atoms with van der Waals surface area (Å²) in [4.78, 5) is 2.13. The largest absolute Gasteiger partial charge is 0.387 e. The number of benzene rings is 1. The minimum absolute atomic E-state index is 0.0871. The first kappa shape index (κ1) is 13.0. The maximum absolute atomic E-state index is 13.1. The van der Waals surface area contributed by atoms with E-state index in [1.165, 1.54) is 6.07 Å². The molecule has 1 aromatic rings. The van der Waals surface area contributed by atoms with Gasteiger partial charge < -0.3 is 5.73 Å². The van der Waals surface area contributed by atoms with Crippen molar-refractivity contribution in [1.82, 2.24) is 4.90 Å². The van der Waals surface area contributed by atoms with Crippen LogP contribution in [-0.2, 0) is 6.54 Å². The summed E-state index contributed by atoms with van der Waals surface area (Å²) in [5.41, 5.74) is 6.26. The molecule has 2 rings (SSSR count). The van der Waals surface area contributed by atoms with Gasteiger partial charge in [-0.15, -0.1) is 0 Å². The number of nitrogens with one attached hydrogen (secondary N) is 1. The summed E-state index contributed by atoms with van der Waals surface area (Å²) in [6.45, 7) is 2.19. The monoisotopic (exact) mass is 253 g/mol. The number of halogens is 2. The summed E-state index contributed by atoms with van der Waals surface area (Å²) >= 11 is 0. The third-order valence-electron chi connectivity index (χ3n) is 3.34. The molecule has 1 aliphatic rings. The van der Waals surface area contributed by atoms with Crippen LogP contribution in [0.2, 0.25) is 0 Å². The van der Waals surface area contributed by atoms with Crippen LogP contribution in [0.3, 0.4) is 0 Å². The molecular formula is C13H17F2N3. The third kappa shape index (κ3) is 3.04. The molecule has 0 amide bonds. The van der Waals surface area contributed by atoms with E-state index in [0.29, 0.717) is 13.1 Å². The third-order valence-corrected chi connectivity index (χ3v) is 3.34. The van der Waals surface area contributed by atoms with Gasteiger partial charge in [0.05, 0.1) is 5.84 Å². The lowest BCUT2D eigenvalue weighted by Gasteiger charge is -2.32. The lowest BCUT2D eigenvalue weighted by atomic mass is 9.96. The van der Waals surface area contributed by atoms with E-state index in [1.54, 1.807) is 6.07 Å². The molecule has 3 nitrogen and oxygen atoms in total. The quantitative estimate of drug-likeness (QED) is 0.640. The molecule has 0 bridgehead atoms. The molecule has 1 aromatic carbocycles. The smallest absolute Gasteiger partial charge is 0.159 e. The van der Waals surface area contributed by atoms with E-state index in [4.69, 9.17) is 11.1 Å². The van der Waals surface area contributed by atoms with Gasteiger partial charge in [-0.25, -0.2) is 8.78 Å². The standard InChI is InChI=1S/C13H17F2N3/c14-11-4-3-9(6-12(11)15)7-18-5-1-2-10(8-18)13(16)17/h3-4,6,10H,1-2,5,7-8H2,(H3,16,17). The predicted octanol–water partition coefficient (Wildman–Crippen LogP) is 2.11. The Balaban J connectivity index is 2.00. The Morgan fingerprint density at radius 3 is 2.83 bits per heavy atom. The van der Waals surface area contributed by atoms with Gasteiger partial charge >= 0.3 is 0 Å². The molecule has 0 spiro atoms. The molecule has 98 valence electrons. The number of nitrogens with two attached hydrogens (primary N) is 1. The molecular weight excluding hydrogens is 236 g/mol. The van der Waals surface area contributed by atoms with E-state index in [0.717, 1.165) is 31.0 Å². The molecule has 1 heterocycles. The van der Waals surface area contributed by atoms with Gasteiger partial charge in [0.1, 0.15) is 0 Å². The second kappa shape index (κ2) is 5.44. The van der Waals surface area contributed by atoms with Crippen LogP contribution in [0.1, 0.15) is 18.4 Å². The van der Waals surface area contributed by atoms with Crippen LogP contribution in [0.25, 0.3) is 0 Å². The van der Waals surface area contributed by atoms with Crippen molar-refractivity contribution in [2.75, 3.05) is 13.1 Å². The van der Waals surface area contributed by atoms with Crippen molar-refractivity contribution in [3.63, 3.8) is 0 Å². The predicted molar refractivity (Wildman–Crippen MR) is 66.3 cm³/mol. The molecule has 1 fully saturated rings. The first-order valence-electron chi connectivity index (χ1n) is 6.06. The molecule has 1 saturated heterocycles. The molecule has 18 heavy (non-hydrogen) atoms. The van der Waals surface area contributed by atoms with Crippen LogP contribution in [0.15, 0.2) is 18.2 Å². The van der Waals surface area contributed by atoms with Crippen LogP contribution in [0.5, 0.6) is 0 Å². The molecule has 0 saturated carbocycles. The fourth-order valence-electron chi connectivity index (χ4n) is 2.35. The van der Waals surface area contributed by atoms with Gasteiger partial charge in [-0.05, 0) is 37.1 Å². The van der Waals surface area contributed by atoms with Crippen molar-refractivity contribution >= 4 is 5.84 Å². The molecule has 5 heteroatoms. The number of hydrogen-bond acceptors (Lipinski definition) is 2. The number of likely N-dealkylation sites (tertiary alicyclic amines) is 1. The van der Waals surface area contributed by atoms with E-state index in [2.05, 4.69) is 4.90 Å². The molecule has 0 aromatic heterocycles. The van der Waals surface area contributed by atoms with Crippen molar-refractivity contribution in [3.8, 4) is 0 Å². The molecule has 3 N–H and O–H groups in total. The summed E-state index contributed by atoms with van der Waals surface area (Å²) in [6, 6.07) is 3.97. The molecule has 0 aliphatic carbocycles. The fourth-order valence-corrected chi connectivity index (χ4v) is 2.35. The zero-order valence-corrected chi connectivity index (χ0v) is 10.1. The maximum atomic E-state index is 13.1. The average Bonchev–Trinajstić information content (AvgIpc) is 2.34. The second-order valence-electron chi connectivity index (χ2n) is 4.78. The van der Waals surface area contributed by atoms with Crippen LogP contribution >= 0.6 is 0 Å². The van der Waals surface area contributed by atoms with E-state index >= 15 is 0 Å². The summed E-state index contributed by atoms with van der Waals surface area (Å²) in [6.07, 6.45) is 1.91. The maximum Gasteiger partial charge on any atom is 0.159 e. The highest BCUT2D eigenvalue weighted by atomic mass is 19.2. The minimum atomic E-state index is -0.820. The number of hydrogen-bond donors (Lipinski definition) is 2. The Kier molecular flexibility index (Phi) is 3.91. The van der Waals surface area contributed by atoms with Gasteiger partial charge in [-0.3, -0.25) is 10.3 Å². The highest BCUT2D eigenvalue weighted by Gasteiger charge is 2.22. The minimum Gasteiger partial charge on any atom is -0.387 e. The van der Waals surface area contributed by atoms with Gasteiger partial charge in [-0.2, -0.15) is 0 Å². The number of amidine groups is 1. The van der Waals surface area contributed by atoms with Gasteiger partial charge in [0.2, 0.25) is 0 Å². The van der Waals surface area contributed by atoms with E-state index in [9.17, 15) is 8.78 Å². The van der Waals surface area contributed by atoms with Gasteiger partial charge in [0.25, 0.3) is 0 Å². The summed E-state index contributed by atoms with van der Waals surface area (Å²) in [5, 5.41) is 7.46. The zero-order chi connectivity index (χ0) is 13.1. The van der Waals surface area contributed by atoms with Gasteiger partial charge in [0.15, 0.2) is 11.6 Å². The Hall–Kier alpha value is -1.49. The first-order valence-corrected chi connectivity index (χ1v) is 6.06. The highest BCUT2D eigenvalue weighted by molar-refractivity contribution is 5.79. The van der Waals surface area contributed by atoms with Crippen LogP contribution < -0.4 is 5.73 Å². The topological polar surface area (TPSA) is 53.1 Å². The molecule has 1 aliphatic heterocycles. The lowest BCUT2D eigenvalue weighted by Crippen LogP contribution is -2.40. The van der Waals surface area contributed by atoms with E-state index in [-0.39, 0.29) is 11.8 Å². The van der Waals surface area contributed by atoms with Gasteiger partial charge in [0, 0.05) is 19.0 Å².